The molecule has 1 aliphatic carbocycles. The molecule has 0 aliphatic heterocycles. The lowest BCUT2D eigenvalue weighted by Gasteiger charge is -2.15. The summed E-state index contributed by atoms with van der Waals surface area (Å²) in [6.07, 6.45) is 2.54. The fourth-order valence-electron chi connectivity index (χ4n) is 4.19. The van der Waals surface area contributed by atoms with Crippen molar-refractivity contribution >= 4 is 17.5 Å². The Hall–Kier alpha value is -4.02. The minimum Gasteiger partial charge on any atom is -0.373 e. The molecule has 7 nitrogen and oxygen atoms in total. The number of rotatable bonds is 5. The zero-order valence-corrected chi connectivity index (χ0v) is 18.2. The molecule has 2 heterocycles. The second-order valence-corrected chi connectivity index (χ2v) is 7.93. The van der Waals surface area contributed by atoms with Crippen molar-refractivity contribution in [3.05, 3.63) is 82.6 Å². The van der Waals surface area contributed by atoms with Crippen LogP contribution in [0.1, 0.15) is 35.0 Å². The first-order valence-corrected chi connectivity index (χ1v) is 10.5. The molecule has 34 heavy (non-hydrogen) atoms. The highest BCUT2D eigenvalue weighted by Gasteiger charge is 2.30. The Bertz CT molecular complexity index is 1380. The zero-order valence-electron chi connectivity index (χ0n) is 18.2. The smallest absolute Gasteiger partial charge is 0.229 e. The van der Waals surface area contributed by atoms with E-state index in [1.807, 2.05) is 0 Å². The molecule has 5 rings (SSSR count). The van der Waals surface area contributed by atoms with E-state index in [9.17, 15) is 17.6 Å². The monoisotopic (exact) mass is 469 g/mol. The van der Waals surface area contributed by atoms with Crippen LogP contribution in [0.4, 0.5) is 35.0 Å². The van der Waals surface area contributed by atoms with Gasteiger partial charge in [-0.15, -0.1) is 0 Å². The zero-order chi connectivity index (χ0) is 24.0. The van der Waals surface area contributed by atoms with Gasteiger partial charge in [0.15, 0.2) is 23.3 Å². The lowest BCUT2D eigenvalue weighted by molar-refractivity contribution is 0.444. The predicted molar refractivity (Wildman–Crippen MR) is 117 cm³/mol. The summed E-state index contributed by atoms with van der Waals surface area (Å²) < 4.78 is 57.2. The van der Waals surface area contributed by atoms with E-state index in [2.05, 4.69) is 30.7 Å². The highest BCUT2D eigenvalue weighted by atomic mass is 19.2. The molecule has 0 fully saturated rings. The van der Waals surface area contributed by atoms with Crippen LogP contribution < -0.4 is 10.6 Å². The van der Waals surface area contributed by atoms with E-state index >= 15 is 0 Å². The molecule has 1 unspecified atom stereocenters. The van der Waals surface area contributed by atoms with Crippen molar-refractivity contribution in [3.63, 3.8) is 0 Å². The van der Waals surface area contributed by atoms with E-state index in [0.717, 1.165) is 17.7 Å². The number of aromatic nitrogens is 5. The Morgan fingerprint density at radius 3 is 2.41 bits per heavy atom. The Labute approximate surface area is 191 Å². The summed E-state index contributed by atoms with van der Waals surface area (Å²) in [7, 11) is 1.70. The molecule has 0 radical (unpaired) electrons. The first-order valence-electron chi connectivity index (χ1n) is 10.5. The van der Waals surface area contributed by atoms with Crippen LogP contribution in [0.5, 0.6) is 0 Å². The number of hydrogen-bond donors (Lipinski definition) is 2. The molecule has 0 amide bonds. The maximum Gasteiger partial charge on any atom is 0.229 e. The fourth-order valence-corrected chi connectivity index (χ4v) is 4.19. The molecule has 1 aliphatic rings. The van der Waals surface area contributed by atoms with Gasteiger partial charge in [-0.25, -0.2) is 32.2 Å². The van der Waals surface area contributed by atoms with Gasteiger partial charge in [0, 0.05) is 24.2 Å². The summed E-state index contributed by atoms with van der Waals surface area (Å²) in [6, 6.07) is 6.46. The third kappa shape index (κ3) is 3.82. The summed E-state index contributed by atoms with van der Waals surface area (Å²) in [5.74, 6) is -3.72. The average Bonchev–Trinajstić information content (AvgIpc) is 3.43. The van der Waals surface area contributed by atoms with Gasteiger partial charge in [0.2, 0.25) is 5.95 Å². The predicted octanol–water partition coefficient (Wildman–Crippen LogP) is 4.79. The number of halogens is 4. The summed E-state index contributed by atoms with van der Waals surface area (Å²) >= 11 is 0. The normalized spacial score (nSPS) is 14.8. The lowest BCUT2D eigenvalue weighted by Crippen LogP contribution is -2.09. The lowest BCUT2D eigenvalue weighted by atomic mass is 9.96. The average molecular weight is 469 g/mol. The molecule has 11 heteroatoms. The maximum atomic E-state index is 14.7. The van der Waals surface area contributed by atoms with E-state index in [-0.39, 0.29) is 11.6 Å². The molecule has 0 saturated heterocycles. The summed E-state index contributed by atoms with van der Waals surface area (Å²) in [6.45, 7) is 1.71. The first kappa shape index (κ1) is 21.8. The number of anilines is 3. The van der Waals surface area contributed by atoms with Crippen LogP contribution in [-0.2, 0) is 6.42 Å². The molecular formula is C23H19F4N7. The van der Waals surface area contributed by atoms with Gasteiger partial charge in [0.1, 0.15) is 23.7 Å². The Kier molecular flexibility index (Phi) is 5.39. The highest BCUT2D eigenvalue weighted by molar-refractivity contribution is 5.61. The standard InChI is InChI=1S/C23H19F4N7/c1-11-29-10-34(33-11)19-6-3-13(9-16(19)24)30-23-31-21-14(4-5-15(21)22(28-2)32-23)12-7-17(25)20(27)18(26)8-12/h3,6-10,14H,4-5H2,1-2H3,(H2,28,30,31,32). The van der Waals surface area contributed by atoms with Crippen molar-refractivity contribution in [2.75, 3.05) is 17.7 Å². The Morgan fingerprint density at radius 2 is 1.76 bits per heavy atom. The van der Waals surface area contributed by atoms with Gasteiger partial charge >= 0.3 is 0 Å². The summed E-state index contributed by atoms with van der Waals surface area (Å²) in [5.41, 5.74) is 2.31. The quantitative estimate of drug-likeness (QED) is 0.323. The Morgan fingerprint density at radius 1 is 1.00 bits per heavy atom. The molecule has 4 aromatic rings. The van der Waals surface area contributed by atoms with Gasteiger partial charge < -0.3 is 10.6 Å². The van der Waals surface area contributed by atoms with Gasteiger partial charge in [0.25, 0.3) is 0 Å². The topological polar surface area (TPSA) is 80.5 Å². The van der Waals surface area contributed by atoms with Crippen molar-refractivity contribution in [2.45, 2.75) is 25.7 Å². The number of nitrogens with one attached hydrogen (secondary N) is 2. The van der Waals surface area contributed by atoms with Crippen LogP contribution >= 0.6 is 0 Å². The molecule has 2 N–H and O–H groups in total. The van der Waals surface area contributed by atoms with Crippen LogP contribution in [0.15, 0.2) is 36.7 Å². The number of hydrogen-bond acceptors (Lipinski definition) is 6. The highest BCUT2D eigenvalue weighted by Crippen LogP contribution is 2.41. The van der Waals surface area contributed by atoms with Gasteiger partial charge in [-0.2, -0.15) is 10.1 Å². The van der Waals surface area contributed by atoms with E-state index in [4.69, 9.17) is 0 Å². The van der Waals surface area contributed by atoms with E-state index in [1.165, 1.54) is 17.1 Å². The van der Waals surface area contributed by atoms with Crippen molar-refractivity contribution in [1.82, 2.24) is 24.7 Å². The largest absolute Gasteiger partial charge is 0.373 e. The van der Waals surface area contributed by atoms with Crippen molar-refractivity contribution < 1.29 is 17.6 Å². The molecule has 2 aromatic carbocycles. The summed E-state index contributed by atoms with van der Waals surface area (Å²) in [4.78, 5) is 13.0. The van der Waals surface area contributed by atoms with Crippen LogP contribution in [0.25, 0.3) is 5.69 Å². The SMILES string of the molecule is CNc1nc(Nc2ccc(-n3cnc(C)n3)c(F)c2)nc2c1CCC2c1cc(F)c(F)c(F)c1. The van der Waals surface area contributed by atoms with Crippen LogP contribution in [0.2, 0.25) is 0 Å². The molecule has 0 saturated carbocycles. The molecule has 0 bridgehead atoms. The third-order valence-electron chi connectivity index (χ3n) is 5.75. The van der Waals surface area contributed by atoms with E-state index in [0.29, 0.717) is 41.4 Å². The first-order chi connectivity index (χ1) is 16.3. The number of fused-ring (bicyclic) bond motifs is 1. The molecule has 174 valence electrons. The van der Waals surface area contributed by atoms with E-state index in [1.54, 1.807) is 26.1 Å². The van der Waals surface area contributed by atoms with Crippen LogP contribution in [0.3, 0.4) is 0 Å². The minimum absolute atomic E-state index is 0.182. The van der Waals surface area contributed by atoms with Crippen LogP contribution in [0, 0.1) is 30.2 Å². The Balaban J connectivity index is 1.48. The van der Waals surface area contributed by atoms with Crippen molar-refractivity contribution in [3.8, 4) is 5.69 Å². The molecule has 1 atom stereocenters. The summed E-state index contributed by atoms with van der Waals surface area (Å²) in [5, 5.41) is 10.1. The maximum absolute atomic E-state index is 14.7. The molecule has 0 spiro atoms. The second kappa shape index (κ2) is 8.40. The van der Waals surface area contributed by atoms with Crippen molar-refractivity contribution in [1.29, 1.82) is 0 Å². The minimum atomic E-state index is -1.51. The van der Waals surface area contributed by atoms with Gasteiger partial charge in [-0.1, -0.05) is 0 Å². The third-order valence-corrected chi connectivity index (χ3v) is 5.75. The molecular weight excluding hydrogens is 450 g/mol. The fraction of sp³-hybridized carbons (Fsp3) is 0.217. The number of benzene rings is 2. The second-order valence-electron chi connectivity index (χ2n) is 7.93. The van der Waals surface area contributed by atoms with Gasteiger partial charge in [-0.05, 0) is 55.7 Å². The van der Waals surface area contributed by atoms with Crippen LogP contribution in [-0.4, -0.2) is 31.8 Å². The molecule has 2 aromatic heterocycles. The van der Waals surface area contributed by atoms with E-state index < -0.39 is 29.2 Å². The number of nitrogens with zero attached hydrogens (tertiary/aromatic N) is 5. The van der Waals surface area contributed by atoms with Gasteiger partial charge in [0.05, 0.1) is 5.69 Å². The van der Waals surface area contributed by atoms with Gasteiger partial charge in [-0.3, -0.25) is 0 Å². The van der Waals surface area contributed by atoms with Crippen molar-refractivity contribution in [2.24, 2.45) is 0 Å². The number of aryl methyl sites for hydroxylation is 1.